The number of pyridine rings is 1. The van der Waals surface area contributed by atoms with Gasteiger partial charge in [-0.15, -0.1) is 0 Å². The highest BCUT2D eigenvalue weighted by Gasteiger charge is 2.30. The second kappa shape index (κ2) is 9.30. The maximum atomic E-state index is 13.5. The first-order valence-electron chi connectivity index (χ1n) is 11.0. The molecule has 5 rings (SSSR count). The van der Waals surface area contributed by atoms with E-state index in [0.717, 1.165) is 29.3 Å². The Labute approximate surface area is 191 Å². The van der Waals surface area contributed by atoms with Crippen LogP contribution in [-0.2, 0) is 9.53 Å². The van der Waals surface area contributed by atoms with Crippen molar-refractivity contribution >= 4 is 34.5 Å². The minimum atomic E-state index is -0.442. The zero-order chi connectivity index (χ0) is 21.9. The average Bonchev–Trinajstić information content (AvgIpc) is 3.66. The molecule has 1 unspecified atom stereocenters. The van der Waals surface area contributed by atoms with E-state index in [1.165, 1.54) is 11.8 Å². The third kappa shape index (κ3) is 4.64. The van der Waals surface area contributed by atoms with E-state index >= 15 is 0 Å². The molecule has 2 amide bonds. The summed E-state index contributed by atoms with van der Waals surface area (Å²) < 4.78 is 5.42. The summed E-state index contributed by atoms with van der Waals surface area (Å²) in [5.41, 5.74) is 2.28. The van der Waals surface area contributed by atoms with E-state index in [4.69, 9.17) is 9.72 Å². The summed E-state index contributed by atoms with van der Waals surface area (Å²) in [5.74, 6) is -0.0350. The van der Waals surface area contributed by atoms with Gasteiger partial charge in [-0.1, -0.05) is 60.3 Å². The number of amides is 2. The summed E-state index contributed by atoms with van der Waals surface area (Å²) in [6, 6.07) is 19.5. The number of hydrogen-bond donors (Lipinski definition) is 1. The molecule has 1 saturated carbocycles. The molecule has 0 radical (unpaired) electrons. The number of rotatable bonds is 6. The van der Waals surface area contributed by atoms with Crippen LogP contribution in [0.3, 0.4) is 0 Å². The molecule has 2 aromatic carbocycles. The molecule has 2 aliphatic rings. The van der Waals surface area contributed by atoms with Crippen LogP contribution in [0.5, 0.6) is 0 Å². The molecule has 1 aromatic heterocycles. The zero-order valence-corrected chi connectivity index (χ0v) is 18.5. The maximum Gasteiger partial charge on any atom is 0.252 e. The van der Waals surface area contributed by atoms with Gasteiger partial charge in [0.05, 0.1) is 29.3 Å². The Morgan fingerprint density at radius 2 is 1.75 bits per heavy atom. The fourth-order valence-electron chi connectivity index (χ4n) is 3.85. The molecule has 3 aromatic rings. The molecule has 2 heterocycles. The zero-order valence-electron chi connectivity index (χ0n) is 17.7. The average molecular weight is 448 g/mol. The fraction of sp³-hybridized carbons (Fsp3) is 0.320. The highest BCUT2D eigenvalue weighted by atomic mass is 32.2. The number of thioether (sulfide) groups is 1. The van der Waals surface area contributed by atoms with Gasteiger partial charge in [0.25, 0.3) is 5.91 Å². The maximum absolute atomic E-state index is 13.5. The van der Waals surface area contributed by atoms with Crippen molar-refractivity contribution in [1.82, 2.24) is 15.2 Å². The van der Waals surface area contributed by atoms with Gasteiger partial charge in [-0.2, -0.15) is 0 Å². The van der Waals surface area contributed by atoms with Crippen LogP contribution < -0.4 is 5.32 Å². The number of fused-ring (bicyclic) bond motifs is 1. The van der Waals surface area contributed by atoms with E-state index in [2.05, 4.69) is 5.32 Å². The largest absolute Gasteiger partial charge is 0.378 e. The molecule has 164 valence electrons. The SMILES string of the molecule is O=C(NC1CC1)c1cc(SC(C(=O)N2CCOCC2)c2ccccc2)nc2ccccc12. The molecule has 0 spiro atoms. The Bertz CT molecular complexity index is 1130. The highest BCUT2D eigenvalue weighted by molar-refractivity contribution is 8.00. The van der Waals surface area contributed by atoms with Gasteiger partial charge in [-0.3, -0.25) is 9.59 Å². The van der Waals surface area contributed by atoms with Crippen LogP contribution in [0, 0.1) is 0 Å². The van der Waals surface area contributed by atoms with Crippen LogP contribution >= 0.6 is 11.8 Å². The van der Waals surface area contributed by atoms with E-state index < -0.39 is 5.25 Å². The van der Waals surface area contributed by atoms with Crippen LogP contribution in [0.2, 0.25) is 0 Å². The number of hydrogen-bond acceptors (Lipinski definition) is 5. The number of nitrogens with zero attached hydrogens (tertiary/aromatic N) is 2. The Balaban J connectivity index is 1.50. The van der Waals surface area contributed by atoms with Crippen molar-refractivity contribution in [2.45, 2.75) is 29.2 Å². The minimum Gasteiger partial charge on any atom is -0.378 e. The van der Waals surface area contributed by atoms with Gasteiger partial charge >= 0.3 is 0 Å². The predicted molar refractivity (Wildman–Crippen MR) is 125 cm³/mol. The van der Waals surface area contributed by atoms with Crippen LogP contribution in [0.15, 0.2) is 65.7 Å². The smallest absolute Gasteiger partial charge is 0.252 e. The first-order valence-corrected chi connectivity index (χ1v) is 11.9. The van der Waals surface area contributed by atoms with Gasteiger partial charge in [0.15, 0.2) is 0 Å². The summed E-state index contributed by atoms with van der Waals surface area (Å²) in [5, 5.41) is 4.13. The first-order chi connectivity index (χ1) is 15.7. The molecule has 1 aliphatic heterocycles. The van der Waals surface area contributed by atoms with Crippen LogP contribution in [0.25, 0.3) is 10.9 Å². The molecule has 1 saturated heterocycles. The van der Waals surface area contributed by atoms with Crippen molar-refractivity contribution in [3.63, 3.8) is 0 Å². The molecule has 6 nitrogen and oxygen atoms in total. The number of morpholine rings is 1. The third-order valence-corrected chi connectivity index (χ3v) is 6.90. The number of carbonyl (C=O) groups excluding carboxylic acids is 2. The topological polar surface area (TPSA) is 71.5 Å². The lowest BCUT2D eigenvalue weighted by Gasteiger charge is -2.30. The van der Waals surface area contributed by atoms with E-state index in [1.54, 1.807) is 0 Å². The number of nitrogens with one attached hydrogen (secondary N) is 1. The molecule has 1 N–H and O–H groups in total. The normalized spacial score (nSPS) is 17.2. The van der Waals surface area contributed by atoms with E-state index in [9.17, 15) is 9.59 Å². The Kier molecular flexibility index (Phi) is 6.10. The molecule has 7 heteroatoms. The van der Waals surface area contributed by atoms with Crippen LogP contribution in [0.1, 0.15) is 34.0 Å². The van der Waals surface area contributed by atoms with Crippen LogP contribution in [-0.4, -0.2) is 54.0 Å². The summed E-state index contributed by atoms with van der Waals surface area (Å²) in [4.78, 5) is 33.1. The number of para-hydroxylation sites is 1. The van der Waals surface area contributed by atoms with Crippen molar-refractivity contribution < 1.29 is 14.3 Å². The van der Waals surface area contributed by atoms with Gasteiger partial charge in [-0.25, -0.2) is 4.98 Å². The summed E-state index contributed by atoms with van der Waals surface area (Å²) in [6.07, 6.45) is 2.06. The first kappa shape index (κ1) is 21.0. The summed E-state index contributed by atoms with van der Waals surface area (Å²) >= 11 is 1.40. The standard InChI is InChI=1S/C25H25N3O3S/c29-24(26-18-10-11-18)20-16-22(27-21-9-5-4-8-19(20)21)32-23(17-6-2-1-3-7-17)25(30)28-12-14-31-15-13-28/h1-9,16,18,23H,10-15H2,(H,26,29). The molecule has 1 atom stereocenters. The monoisotopic (exact) mass is 447 g/mol. The van der Waals surface area contributed by atoms with Gasteiger partial charge < -0.3 is 15.0 Å². The third-order valence-electron chi connectivity index (χ3n) is 5.74. The van der Waals surface area contributed by atoms with Gasteiger partial charge in [0, 0.05) is 24.5 Å². The van der Waals surface area contributed by atoms with Gasteiger partial charge in [-0.05, 0) is 30.5 Å². The van der Waals surface area contributed by atoms with Gasteiger partial charge in [0.2, 0.25) is 5.91 Å². The second-order valence-corrected chi connectivity index (χ2v) is 9.24. The minimum absolute atomic E-state index is 0.0449. The quantitative estimate of drug-likeness (QED) is 0.582. The van der Waals surface area contributed by atoms with Crippen molar-refractivity contribution in [1.29, 1.82) is 0 Å². The molecular weight excluding hydrogens is 422 g/mol. The van der Waals surface area contributed by atoms with Crippen LogP contribution in [0.4, 0.5) is 0 Å². The summed E-state index contributed by atoms with van der Waals surface area (Å²) in [6.45, 7) is 2.28. The number of carbonyl (C=O) groups is 2. The molecule has 0 bridgehead atoms. The number of aromatic nitrogens is 1. The molecule has 32 heavy (non-hydrogen) atoms. The Morgan fingerprint density at radius 1 is 1.03 bits per heavy atom. The van der Waals surface area contributed by atoms with Crippen molar-refractivity contribution in [3.8, 4) is 0 Å². The lowest BCUT2D eigenvalue weighted by molar-refractivity contribution is -0.134. The van der Waals surface area contributed by atoms with Crippen molar-refractivity contribution in [2.75, 3.05) is 26.3 Å². The fourth-order valence-corrected chi connectivity index (χ4v) is 4.97. The molecule has 1 aliphatic carbocycles. The Hall–Kier alpha value is -2.90. The number of benzene rings is 2. The van der Waals surface area contributed by atoms with E-state index in [1.807, 2.05) is 65.6 Å². The molecule has 2 fully saturated rings. The van der Waals surface area contributed by atoms with Crippen molar-refractivity contribution in [3.05, 3.63) is 71.8 Å². The Morgan fingerprint density at radius 3 is 2.50 bits per heavy atom. The highest BCUT2D eigenvalue weighted by Crippen LogP contribution is 2.37. The van der Waals surface area contributed by atoms with Crippen molar-refractivity contribution in [2.24, 2.45) is 0 Å². The predicted octanol–water partition coefficient (Wildman–Crippen LogP) is 3.82. The molecular formula is C25H25N3O3S. The van der Waals surface area contributed by atoms with E-state index in [-0.39, 0.29) is 17.9 Å². The lowest BCUT2D eigenvalue weighted by atomic mass is 10.1. The second-order valence-electron chi connectivity index (χ2n) is 8.12. The number of ether oxygens (including phenoxy) is 1. The van der Waals surface area contributed by atoms with E-state index in [0.29, 0.717) is 36.9 Å². The summed E-state index contributed by atoms with van der Waals surface area (Å²) in [7, 11) is 0. The lowest BCUT2D eigenvalue weighted by Crippen LogP contribution is -2.42. The van der Waals surface area contributed by atoms with Gasteiger partial charge in [0.1, 0.15) is 5.25 Å².